The smallest absolute Gasteiger partial charge is 0.356 e. The van der Waals surface area contributed by atoms with E-state index >= 15 is 0 Å². The number of nitrogens with two attached hydrogens (primary N) is 1. The SMILES string of the molecule is Cc1nc(N2CCC(C)(CN)CC2)cc(=O)n1-c1cccc(C(F)(F)F)c1Cl. The number of aryl methyl sites for hydroxylation is 1. The van der Waals surface area contributed by atoms with E-state index in [1.54, 1.807) is 6.92 Å². The lowest BCUT2D eigenvalue weighted by atomic mass is 9.80. The van der Waals surface area contributed by atoms with E-state index in [0.29, 0.717) is 25.5 Å². The normalized spacial score (nSPS) is 17.0. The lowest BCUT2D eigenvalue weighted by Gasteiger charge is -2.39. The highest BCUT2D eigenvalue weighted by Crippen LogP contribution is 2.37. The molecule has 0 aliphatic carbocycles. The van der Waals surface area contributed by atoms with E-state index in [1.807, 2.05) is 4.90 Å². The monoisotopic (exact) mass is 414 g/mol. The third-order valence-electron chi connectivity index (χ3n) is 5.38. The zero-order valence-corrected chi connectivity index (χ0v) is 16.4. The molecule has 0 radical (unpaired) electrons. The topological polar surface area (TPSA) is 64.2 Å². The van der Waals surface area contributed by atoms with Crippen LogP contribution in [0.1, 0.15) is 31.2 Å². The molecule has 0 spiro atoms. The summed E-state index contributed by atoms with van der Waals surface area (Å²) >= 11 is 5.98. The van der Waals surface area contributed by atoms with E-state index < -0.39 is 22.3 Å². The minimum Gasteiger partial charge on any atom is -0.356 e. The van der Waals surface area contributed by atoms with E-state index in [4.69, 9.17) is 17.3 Å². The number of alkyl halides is 3. The van der Waals surface area contributed by atoms with Crippen LogP contribution in [-0.4, -0.2) is 29.2 Å². The molecule has 1 aliphatic rings. The highest BCUT2D eigenvalue weighted by atomic mass is 35.5. The van der Waals surface area contributed by atoms with Crippen LogP contribution in [0.2, 0.25) is 5.02 Å². The van der Waals surface area contributed by atoms with Crippen LogP contribution in [0.4, 0.5) is 19.0 Å². The number of halogens is 4. The Balaban J connectivity index is 1.98. The maximum Gasteiger partial charge on any atom is 0.417 e. The zero-order valence-electron chi connectivity index (χ0n) is 15.7. The van der Waals surface area contributed by atoms with Crippen molar-refractivity contribution in [1.82, 2.24) is 9.55 Å². The van der Waals surface area contributed by atoms with E-state index in [-0.39, 0.29) is 16.9 Å². The molecule has 0 saturated carbocycles. The maximum atomic E-state index is 13.1. The fraction of sp³-hybridized carbons (Fsp3) is 0.474. The summed E-state index contributed by atoms with van der Waals surface area (Å²) in [7, 11) is 0. The molecule has 3 rings (SSSR count). The molecule has 1 saturated heterocycles. The predicted molar refractivity (Wildman–Crippen MR) is 103 cm³/mol. The van der Waals surface area contributed by atoms with Crippen LogP contribution in [-0.2, 0) is 6.18 Å². The fourth-order valence-electron chi connectivity index (χ4n) is 3.43. The van der Waals surface area contributed by atoms with Gasteiger partial charge in [-0.15, -0.1) is 0 Å². The molecule has 1 aromatic carbocycles. The largest absolute Gasteiger partial charge is 0.417 e. The summed E-state index contributed by atoms with van der Waals surface area (Å²) in [6.45, 7) is 5.75. The Hall–Kier alpha value is -2.06. The summed E-state index contributed by atoms with van der Waals surface area (Å²) in [4.78, 5) is 19.2. The third kappa shape index (κ3) is 3.89. The van der Waals surface area contributed by atoms with Crippen LogP contribution in [0.3, 0.4) is 0 Å². The molecular formula is C19H22ClF3N4O. The van der Waals surface area contributed by atoms with Crippen molar-refractivity contribution >= 4 is 17.4 Å². The Morgan fingerprint density at radius 2 is 1.93 bits per heavy atom. The van der Waals surface area contributed by atoms with Gasteiger partial charge in [-0.25, -0.2) is 4.98 Å². The van der Waals surface area contributed by atoms with Crippen molar-refractivity contribution < 1.29 is 13.2 Å². The van der Waals surface area contributed by atoms with Crippen molar-refractivity contribution in [3.63, 3.8) is 0 Å². The predicted octanol–water partition coefficient (Wildman–Crippen LogP) is 3.78. The lowest BCUT2D eigenvalue weighted by Crippen LogP contribution is -2.43. The molecule has 1 aliphatic heterocycles. The van der Waals surface area contributed by atoms with Crippen LogP contribution in [0.25, 0.3) is 5.69 Å². The molecule has 1 fully saturated rings. The second-order valence-corrected chi connectivity index (χ2v) is 7.85. The highest BCUT2D eigenvalue weighted by Gasteiger charge is 2.34. The van der Waals surface area contributed by atoms with E-state index in [2.05, 4.69) is 11.9 Å². The molecule has 2 heterocycles. The minimum atomic E-state index is -4.61. The molecule has 2 N–H and O–H groups in total. The second-order valence-electron chi connectivity index (χ2n) is 7.47. The Labute approximate surface area is 165 Å². The number of aromatic nitrogens is 2. The van der Waals surface area contributed by atoms with E-state index in [9.17, 15) is 18.0 Å². The molecule has 0 bridgehead atoms. The third-order valence-corrected chi connectivity index (χ3v) is 5.78. The first-order valence-corrected chi connectivity index (χ1v) is 9.35. The fourth-order valence-corrected chi connectivity index (χ4v) is 3.75. The molecular weight excluding hydrogens is 393 g/mol. The number of piperidine rings is 1. The van der Waals surface area contributed by atoms with Crippen LogP contribution >= 0.6 is 11.6 Å². The van der Waals surface area contributed by atoms with Crippen LogP contribution < -0.4 is 16.2 Å². The quantitative estimate of drug-likeness (QED) is 0.830. The molecule has 2 aromatic rings. The average molecular weight is 415 g/mol. The number of benzene rings is 1. The summed E-state index contributed by atoms with van der Waals surface area (Å²) in [5.74, 6) is 0.789. The van der Waals surface area contributed by atoms with E-state index in [0.717, 1.165) is 23.5 Å². The highest BCUT2D eigenvalue weighted by molar-refractivity contribution is 6.33. The molecule has 5 nitrogen and oxygen atoms in total. The molecule has 152 valence electrons. The van der Waals surface area contributed by atoms with Crippen molar-refractivity contribution in [3.8, 4) is 5.69 Å². The standard InChI is InChI=1S/C19H22ClF3N4O/c1-12-25-15(26-8-6-18(2,11-24)7-9-26)10-16(28)27(12)14-5-3-4-13(17(14)20)19(21,22)23/h3-5,10H,6-9,11,24H2,1-2H3. The van der Waals surface area contributed by atoms with Gasteiger partial charge in [-0.1, -0.05) is 24.6 Å². The molecule has 28 heavy (non-hydrogen) atoms. The second kappa shape index (κ2) is 7.40. The molecule has 9 heteroatoms. The molecule has 1 aromatic heterocycles. The average Bonchev–Trinajstić information content (AvgIpc) is 2.62. The van der Waals surface area contributed by atoms with Gasteiger partial charge in [0.1, 0.15) is 11.6 Å². The van der Waals surface area contributed by atoms with Crippen LogP contribution in [0.15, 0.2) is 29.1 Å². The zero-order chi connectivity index (χ0) is 20.7. The van der Waals surface area contributed by atoms with E-state index in [1.165, 1.54) is 18.2 Å². The maximum absolute atomic E-state index is 13.1. The molecule has 0 unspecified atom stereocenters. The van der Waals surface area contributed by atoms with Gasteiger partial charge in [0, 0.05) is 19.2 Å². The Kier molecular flexibility index (Phi) is 5.46. The Bertz CT molecular complexity index is 934. The lowest BCUT2D eigenvalue weighted by molar-refractivity contribution is -0.137. The summed E-state index contributed by atoms with van der Waals surface area (Å²) in [5, 5.41) is -0.522. The van der Waals surface area contributed by atoms with Gasteiger partial charge in [0.2, 0.25) is 0 Å². The number of hydrogen-bond donors (Lipinski definition) is 1. The van der Waals surface area contributed by atoms with Gasteiger partial charge < -0.3 is 10.6 Å². The molecule has 0 atom stereocenters. The van der Waals surface area contributed by atoms with Gasteiger partial charge in [0.25, 0.3) is 5.56 Å². The van der Waals surface area contributed by atoms with Crippen molar-refractivity contribution in [1.29, 1.82) is 0 Å². The first-order chi connectivity index (χ1) is 13.1. The number of rotatable bonds is 3. The van der Waals surface area contributed by atoms with Crippen molar-refractivity contribution in [2.75, 3.05) is 24.5 Å². The number of anilines is 1. The van der Waals surface area contributed by atoms with Gasteiger partial charge in [0.05, 0.1) is 16.3 Å². The van der Waals surface area contributed by atoms with Gasteiger partial charge >= 0.3 is 6.18 Å². The Morgan fingerprint density at radius 3 is 2.46 bits per heavy atom. The first kappa shape index (κ1) is 20.7. The van der Waals surface area contributed by atoms with Gasteiger partial charge in [-0.05, 0) is 43.9 Å². The molecule has 0 amide bonds. The Morgan fingerprint density at radius 1 is 1.29 bits per heavy atom. The summed E-state index contributed by atoms with van der Waals surface area (Å²) in [6, 6.07) is 4.83. The number of nitrogens with zero attached hydrogens (tertiary/aromatic N) is 3. The van der Waals surface area contributed by atoms with Crippen molar-refractivity contribution in [3.05, 3.63) is 51.0 Å². The number of hydrogen-bond acceptors (Lipinski definition) is 4. The summed E-state index contributed by atoms with van der Waals surface area (Å²) < 4.78 is 40.5. The van der Waals surface area contributed by atoms with Gasteiger partial charge in [0.15, 0.2) is 0 Å². The van der Waals surface area contributed by atoms with Crippen LogP contribution in [0.5, 0.6) is 0 Å². The minimum absolute atomic E-state index is 0.0348. The summed E-state index contributed by atoms with van der Waals surface area (Å²) in [5.41, 5.74) is 4.41. The summed E-state index contributed by atoms with van der Waals surface area (Å²) in [6.07, 6.45) is -2.85. The van der Waals surface area contributed by atoms with Gasteiger partial charge in [-0.3, -0.25) is 9.36 Å². The van der Waals surface area contributed by atoms with Gasteiger partial charge in [-0.2, -0.15) is 13.2 Å². The first-order valence-electron chi connectivity index (χ1n) is 8.97. The van der Waals surface area contributed by atoms with Crippen molar-refractivity contribution in [2.24, 2.45) is 11.1 Å². The van der Waals surface area contributed by atoms with Crippen molar-refractivity contribution in [2.45, 2.75) is 32.9 Å². The van der Waals surface area contributed by atoms with Crippen LogP contribution in [0, 0.1) is 12.3 Å².